The average Bonchev–Trinajstić information content (AvgIpc) is 2.75. The lowest BCUT2D eigenvalue weighted by atomic mass is 9.90. The zero-order valence-electron chi connectivity index (χ0n) is 10.3. The highest BCUT2D eigenvalue weighted by molar-refractivity contribution is 5.86. The fraction of sp³-hybridized carbons (Fsp3) is 0.583. The topological polar surface area (TPSA) is 72.1 Å². The second kappa shape index (κ2) is 4.41. The van der Waals surface area contributed by atoms with Crippen molar-refractivity contribution in [1.29, 1.82) is 0 Å². The predicted molar refractivity (Wildman–Crippen MR) is 64.0 cm³/mol. The summed E-state index contributed by atoms with van der Waals surface area (Å²) in [6.45, 7) is 5.01. The molecule has 0 aliphatic carbocycles. The maximum atomic E-state index is 12.0. The van der Waals surface area contributed by atoms with Crippen LogP contribution in [0.1, 0.15) is 32.4 Å². The van der Waals surface area contributed by atoms with Gasteiger partial charge in [0.05, 0.1) is 11.9 Å². The fourth-order valence-electron chi connectivity index (χ4n) is 2.72. The molecule has 0 radical (unpaired) electrons. The largest absolute Gasteiger partial charge is 0.368 e. The van der Waals surface area contributed by atoms with Crippen LogP contribution < -0.4 is 5.73 Å². The summed E-state index contributed by atoms with van der Waals surface area (Å²) in [5, 5.41) is 0. The third kappa shape index (κ3) is 1.80. The van der Waals surface area contributed by atoms with Crippen molar-refractivity contribution < 1.29 is 4.79 Å². The van der Waals surface area contributed by atoms with Gasteiger partial charge in [-0.2, -0.15) is 0 Å². The SMILES string of the molecule is CC(C)N1CCCC1(C(N)=O)c1cnccn1. The van der Waals surface area contributed by atoms with E-state index >= 15 is 0 Å². The van der Waals surface area contributed by atoms with E-state index in [1.54, 1.807) is 18.6 Å². The molecule has 2 N–H and O–H groups in total. The number of hydrogen-bond donors (Lipinski definition) is 1. The van der Waals surface area contributed by atoms with Crippen molar-refractivity contribution in [3.8, 4) is 0 Å². The van der Waals surface area contributed by atoms with E-state index in [4.69, 9.17) is 5.73 Å². The first kappa shape index (κ1) is 12.0. The average molecular weight is 234 g/mol. The Balaban J connectivity index is 2.50. The first-order valence-corrected chi connectivity index (χ1v) is 5.92. The third-order valence-corrected chi connectivity index (χ3v) is 3.45. The predicted octanol–water partition coefficient (Wildman–Crippen LogP) is 0.661. The van der Waals surface area contributed by atoms with Crippen molar-refractivity contribution in [2.24, 2.45) is 5.73 Å². The molecule has 92 valence electrons. The van der Waals surface area contributed by atoms with Gasteiger partial charge in [-0.15, -0.1) is 0 Å². The van der Waals surface area contributed by atoms with Gasteiger partial charge in [-0.1, -0.05) is 0 Å². The van der Waals surface area contributed by atoms with Crippen molar-refractivity contribution in [2.75, 3.05) is 6.54 Å². The molecule has 1 aromatic heterocycles. The number of hydrogen-bond acceptors (Lipinski definition) is 4. The number of amides is 1. The van der Waals surface area contributed by atoms with Crippen LogP contribution in [0.25, 0.3) is 0 Å². The number of nitrogens with zero attached hydrogens (tertiary/aromatic N) is 3. The maximum Gasteiger partial charge on any atom is 0.244 e. The Morgan fingerprint density at radius 3 is 2.82 bits per heavy atom. The Morgan fingerprint density at radius 2 is 2.29 bits per heavy atom. The molecule has 2 rings (SSSR count). The van der Waals surface area contributed by atoms with Gasteiger partial charge in [0.2, 0.25) is 5.91 Å². The normalized spacial score (nSPS) is 25.4. The Hall–Kier alpha value is -1.49. The molecule has 0 aromatic carbocycles. The maximum absolute atomic E-state index is 12.0. The molecule has 1 unspecified atom stereocenters. The number of rotatable bonds is 3. The highest BCUT2D eigenvalue weighted by Crippen LogP contribution is 2.38. The number of likely N-dealkylation sites (tertiary alicyclic amines) is 1. The lowest BCUT2D eigenvalue weighted by Crippen LogP contribution is -2.54. The Morgan fingerprint density at radius 1 is 1.53 bits per heavy atom. The molecule has 0 bridgehead atoms. The molecular formula is C12H18N4O. The lowest BCUT2D eigenvalue weighted by molar-refractivity contribution is -0.130. The van der Waals surface area contributed by atoms with Crippen LogP contribution in [0.2, 0.25) is 0 Å². The van der Waals surface area contributed by atoms with E-state index < -0.39 is 5.54 Å². The number of carbonyl (C=O) groups is 1. The molecule has 1 aliphatic heterocycles. The number of aromatic nitrogens is 2. The minimum atomic E-state index is -0.775. The fourth-order valence-corrected chi connectivity index (χ4v) is 2.72. The molecule has 1 fully saturated rings. The molecule has 0 spiro atoms. The van der Waals surface area contributed by atoms with E-state index in [1.165, 1.54) is 0 Å². The van der Waals surface area contributed by atoms with E-state index in [0.717, 1.165) is 19.4 Å². The summed E-state index contributed by atoms with van der Waals surface area (Å²) in [4.78, 5) is 22.4. The molecular weight excluding hydrogens is 216 g/mol. The summed E-state index contributed by atoms with van der Waals surface area (Å²) in [6.07, 6.45) is 6.53. The van der Waals surface area contributed by atoms with Crippen LogP contribution >= 0.6 is 0 Å². The quantitative estimate of drug-likeness (QED) is 0.834. The number of primary amides is 1. The van der Waals surface area contributed by atoms with Crippen LogP contribution in [0.15, 0.2) is 18.6 Å². The molecule has 1 saturated heterocycles. The molecule has 17 heavy (non-hydrogen) atoms. The monoisotopic (exact) mass is 234 g/mol. The Kier molecular flexibility index (Phi) is 3.11. The minimum absolute atomic E-state index is 0.256. The molecule has 5 nitrogen and oxygen atoms in total. The zero-order chi connectivity index (χ0) is 12.5. The highest BCUT2D eigenvalue weighted by Gasteiger charge is 2.49. The second-order valence-corrected chi connectivity index (χ2v) is 4.71. The van der Waals surface area contributed by atoms with Crippen molar-refractivity contribution in [3.05, 3.63) is 24.3 Å². The summed E-state index contributed by atoms with van der Waals surface area (Å²) in [5.74, 6) is -0.329. The molecule has 1 aromatic rings. The van der Waals surface area contributed by atoms with Gasteiger partial charge < -0.3 is 5.73 Å². The van der Waals surface area contributed by atoms with E-state index in [1.807, 2.05) is 0 Å². The summed E-state index contributed by atoms with van der Waals surface area (Å²) >= 11 is 0. The van der Waals surface area contributed by atoms with E-state index in [0.29, 0.717) is 5.69 Å². The summed E-state index contributed by atoms with van der Waals surface area (Å²) in [5.41, 5.74) is 5.53. The van der Waals surface area contributed by atoms with Gasteiger partial charge in [0.1, 0.15) is 5.54 Å². The van der Waals surface area contributed by atoms with Crippen molar-refractivity contribution in [3.63, 3.8) is 0 Å². The molecule has 2 heterocycles. The van der Waals surface area contributed by atoms with Crippen molar-refractivity contribution >= 4 is 5.91 Å². The smallest absolute Gasteiger partial charge is 0.244 e. The van der Waals surface area contributed by atoms with Crippen molar-refractivity contribution in [1.82, 2.24) is 14.9 Å². The van der Waals surface area contributed by atoms with Gasteiger partial charge in [-0.25, -0.2) is 0 Å². The Bertz CT molecular complexity index is 406. The Labute approximate surface area is 101 Å². The van der Waals surface area contributed by atoms with Gasteiger partial charge >= 0.3 is 0 Å². The van der Waals surface area contributed by atoms with Gasteiger partial charge in [-0.3, -0.25) is 19.7 Å². The van der Waals surface area contributed by atoms with Gasteiger partial charge in [0.25, 0.3) is 0 Å². The first-order chi connectivity index (χ1) is 8.09. The van der Waals surface area contributed by atoms with Crippen LogP contribution in [-0.4, -0.2) is 33.4 Å². The van der Waals surface area contributed by atoms with E-state index in [2.05, 4.69) is 28.7 Å². The molecule has 1 amide bonds. The third-order valence-electron chi connectivity index (χ3n) is 3.45. The molecule has 0 saturated carbocycles. The van der Waals surface area contributed by atoms with Crippen LogP contribution in [0, 0.1) is 0 Å². The summed E-state index contributed by atoms with van der Waals surface area (Å²) in [6, 6.07) is 0.256. The molecule has 5 heteroatoms. The number of nitrogens with two attached hydrogens (primary N) is 1. The zero-order valence-corrected chi connectivity index (χ0v) is 10.3. The van der Waals surface area contributed by atoms with Crippen LogP contribution in [0.4, 0.5) is 0 Å². The van der Waals surface area contributed by atoms with Crippen LogP contribution in [-0.2, 0) is 10.3 Å². The highest BCUT2D eigenvalue weighted by atomic mass is 16.1. The summed E-state index contributed by atoms with van der Waals surface area (Å²) in [7, 11) is 0. The minimum Gasteiger partial charge on any atom is -0.368 e. The lowest BCUT2D eigenvalue weighted by Gasteiger charge is -2.37. The molecule has 1 aliphatic rings. The van der Waals surface area contributed by atoms with E-state index in [-0.39, 0.29) is 11.9 Å². The number of carbonyl (C=O) groups excluding carboxylic acids is 1. The van der Waals surface area contributed by atoms with Gasteiger partial charge in [-0.05, 0) is 33.2 Å². The van der Waals surface area contributed by atoms with Crippen molar-refractivity contribution in [2.45, 2.75) is 38.3 Å². The van der Waals surface area contributed by atoms with E-state index in [9.17, 15) is 4.79 Å². The van der Waals surface area contributed by atoms with Gasteiger partial charge in [0, 0.05) is 18.4 Å². The molecule has 1 atom stereocenters. The first-order valence-electron chi connectivity index (χ1n) is 5.92. The van der Waals surface area contributed by atoms with Crippen LogP contribution in [0.3, 0.4) is 0 Å². The van der Waals surface area contributed by atoms with Crippen LogP contribution in [0.5, 0.6) is 0 Å². The second-order valence-electron chi connectivity index (χ2n) is 4.71. The summed E-state index contributed by atoms with van der Waals surface area (Å²) < 4.78 is 0. The van der Waals surface area contributed by atoms with Gasteiger partial charge in [0.15, 0.2) is 0 Å². The standard InChI is InChI=1S/C12H18N4O/c1-9(2)16-7-3-4-12(16,11(13)17)10-8-14-5-6-15-10/h5-6,8-9H,3-4,7H2,1-2H3,(H2,13,17).